The van der Waals surface area contributed by atoms with Gasteiger partial charge in [0.25, 0.3) is 0 Å². The van der Waals surface area contributed by atoms with E-state index in [0.29, 0.717) is 18.9 Å². The number of rotatable bonds is 22. The van der Waals surface area contributed by atoms with Crippen LogP contribution in [-0.4, -0.2) is 18.9 Å². The van der Waals surface area contributed by atoms with E-state index in [4.69, 9.17) is 4.74 Å². The van der Waals surface area contributed by atoms with Crippen LogP contribution in [0.3, 0.4) is 0 Å². The normalized spacial score (nSPS) is 15.3. The zero-order valence-electron chi connectivity index (χ0n) is 21.6. The SMILES string of the molecule is CCCCCCCCCC(CCCC(C)CC(C)CCCC)COC(=O)C(C=O)CC. The minimum absolute atomic E-state index is 0.333. The zero-order valence-corrected chi connectivity index (χ0v) is 21.6. The summed E-state index contributed by atoms with van der Waals surface area (Å²) in [6.07, 6.45) is 20.5. The quantitative estimate of drug-likeness (QED) is 0.0736. The molecule has 0 spiro atoms. The molecule has 0 aliphatic rings. The summed E-state index contributed by atoms with van der Waals surface area (Å²) in [6, 6.07) is 0. The van der Waals surface area contributed by atoms with Crippen LogP contribution in [0.15, 0.2) is 0 Å². The highest BCUT2D eigenvalue weighted by atomic mass is 16.5. The fourth-order valence-electron chi connectivity index (χ4n) is 4.56. The molecule has 0 radical (unpaired) electrons. The molecule has 4 unspecified atom stereocenters. The Bertz CT molecular complexity index is 420. The molecule has 4 atom stereocenters. The van der Waals surface area contributed by atoms with Gasteiger partial charge in [-0.1, -0.05) is 112 Å². The molecular formula is C28H54O3. The minimum atomic E-state index is -0.594. The predicted molar refractivity (Wildman–Crippen MR) is 133 cm³/mol. The molecule has 0 aromatic carbocycles. The summed E-state index contributed by atoms with van der Waals surface area (Å²) < 4.78 is 5.55. The Morgan fingerprint density at radius 2 is 1.29 bits per heavy atom. The molecule has 0 rings (SSSR count). The lowest BCUT2D eigenvalue weighted by Crippen LogP contribution is -2.22. The lowest BCUT2D eigenvalue weighted by Gasteiger charge is -2.20. The highest BCUT2D eigenvalue weighted by Crippen LogP contribution is 2.25. The molecule has 3 nitrogen and oxygen atoms in total. The molecule has 184 valence electrons. The van der Waals surface area contributed by atoms with E-state index in [0.717, 1.165) is 31.0 Å². The number of hydrogen-bond acceptors (Lipinski definition) is 3. The average Bonchev–Trinajstić information content (AvgIpc) is 2.75. The molecule has 0 amide bonds. The van der Waals surface area contributed by atoms with E-state index in [1.807, 2.05) is 6.92 Å². The van der Waals surface area contributed by atoms with E-state index >= 15 is 0 Å². The Balaban J connectivity index is 4.35. The van der Waals surface area contributed by atoms with Crippen molar-refractivity contribution < 1.29 is 14.3 Å². The van der Waals surface area contributed by atoms with Gasteiger partial charge in [-0.3, -0.25) is 4.79 Å². The van der Waals surface area contributed by atoms with Crippen LogP contribution in [0, 0.1) is 23.7 Å². The van der Waals surface area contributed by atoms with E-state index in [2.05, 4.69) is 27.7 Å². The van der Waals surface area contributed by atoms with Crippen LogP contribution in [0.1, 0.15) is 137 Å². The largest absolute Gasteiger partial charge is 0.465 e. The standard InChI is InChI=1S/C28H54O3/c1-6-9-11-12-13-14-15-19-26(23-31-28(30)27(8-3)22-29)20-16-18-25(5)21-24(4)17-10-7-2/h22,24-27H,6-21,23H2,1-5H3. The topological polar surface area (TPSA) is 43.4 Å². The molecule has 0 aromatic heterocycles. The van der Waals surface area contributed by atoms with Gasteiger partial charge in [0, 0.05) is 0 Å². The first kappa shape index (κ1) is 30.1. The Labute approximate surface area is 194 Å². The fraction of sp³-hybridized carbons (Fsp3) is 0.929. The highest BCUT2D eigenvalue weighted by molar-refractivity contribution is 5.87. The Hall–Kier alpha value is -0.860. The third-order valence-corrected chi connectivity index (χ3v) is 6.75. The molecular weight excluding hydrogens is 384 g/mol. The van der Waals surface area contributed by atoms with Gasteiger partial charge in [0.2, 0.25) is 0 Å². The number of carbonyl (C=O) groups is 2. The number of esters is 1. The van der Waals surface area contributed by atoms with Gasteiger partial charge >= 0.3 is 5.97 Å². The van der Waals surface area contributed by atoms with Crippen molar-refractivity contribution >= 4 is 12.3 Å². The van der Waals surface area contributed by atoms with Crippen molar-refractivity contribution in [2.45, 2.75) is 137 Å². The number of ether oxygens (including phenoxy) is 1. The number of unbranched alkanes of at least 4 members (excludes halogenated alkanes) is 7. The van der Waals surface area contributed by atoms with Gasteiger partial charge < -0.3 is 9.53 Å². The van der Waals surface area contributed by atoms with Crippen molar-refractivity contribution in [1.82, 2.24) is 0 Å². The van der Waals surface area contributed by atoms with Crippen LogP contribution < -0.4 is 0 Å². The third kappa shape index (κ3) is 17.4. The third-order valence-electron chi connectivity index (χ3n) is 6.75. The first-order valence-corrected chi connectivity index (χ1v) is 13.6. The second-order valence-corrected chi connectivity index (χ2v) is 10.1. The van der Waals surface area contributed by atoms with Crippen molar-refractivity contribution in [1.29, 1.82) is 0 Å². The minimum Gasteiger partial charge on any atom is -0.465 e. The molecule has 0 heterocycles. The summed E-state index contributed by atoms with van der Waals surface area (Å²) in [5, 5.41) is 0. The predicted octanol–water partition coefficient (Wildman–Crippen LogP) is 8.53. The van der Waals surface area contributed by atoms with Crippen LogP contribution in [-0.2, 0) is 14.3 Å². The van der Waals surface area contributed by atoms with Crippen LogP contribution in [0.5, 0.6) is 0 Å². The number of hydrogen-bond donors (Lipinski definition) is 0. The highest BCUT2D eigenvalue weighted by Gasteiger charge is 2.19. The number of carbonyl (C=O) groups excluding carboxylic acids is 2. The fourth-order valence-corrected chi connectivity index (χ4v) is 4.56. The van der Waals surface area contributed by atoms with Gasteiger partial charge in [-0.15, -0.1) is 0 Å². The molecule has 0 aliphatic carbocycles. The van der Waals surface area contributed by atoms with Crippen LogP contribution in [0.4, 0.5) is 0 Å². The first-order chi connectivity index (χ1) is 15.0. The summed E-state index contributed by atoms with van der Waals surface area (Å²) in [5.74, 6) is 1.11. The summed E-state index contributed by atoms with van der Waals surface area (Å²) in [5.41, 5.74) is 0. The Morgan fingerprint density at radius 3 is 1.87 bits per heavy atom. The van der Waals surface area contributed by atoms with E-state index in [1.165, 1.54) is 83.5 Å². The summed E-state index contributed by atoms with van der Waals surface area (Å²) in [6.45, 7) is 11.7. The molecule has 0 N–H and O–H groups in total. The van der Waals surface area contributed by atoms with Gasteiger partial charge in [0.15, 0.2) is 0 Å². The summed E-state index contributed by atoms with van der Waals surface area (Å²) in [7, 11) is 0. The van der Waals surface area contributed by atoms with Crippen molar-refractivity contribution in [2.75, 3.05) is 6.61 Å². The smallest absolute Gasteiger partial charge is 0.316 e. The van der Waals surface area contributed by atoms with Crippen molar-refractivity contribution in [3.63, 3.8) is 0 Å². The zero-order chi connectivity index (χ0) is 23.3. The van der Waals surface area contributed by atoms with Gasteiger partial charge in [-0.05, 0) is 43.4 Å². The maximum absolute atomic E-state index is 12.1. The summed E-state index contributed by atoms with van der Waals surface area (Å²) in [4.78, 5) is 23.2. The van der Waals surface area contributed by atoms with Gasteiger partial charge in [0.05, 0.1) is 6.61 Å². The number of aldehydes is 1. The molecule has 0 aromatic rings. The van der Waals surface area contributed by atoms with Crippen molar-refractivity contribution in [2.24, 2.45) is 23.7 Å². The van der Waals surface area contributed by atoms with E-state index in [9.17, 15) is 9.59 Å². The van der Waals surface area contributed by atoms with Crippen LogP contribution >= 0.6 is 0 Å². The first-order valence-electron chi connectivity index (χ1n) is 13.6. The van der Waals surface area contributed by atoms with Crippen molar-refractivity contribution in [3.05, 3.63) is 0 Å². The summed E-state index contributed by atoms with van der Waals surface area (Å²) >= 11 is 0. The Morgan fingerprint density at radius 1 is 0.742 bits per heavy atom. The van der Waals surface area contributed by atoms with Crippen LogP contribution in [0.2, 0.25) is 0 Å². The van der Waals surface area contributed by atoms with Crippen molar-refractivity contribution in [3.8, 4) is 0 Å². The molecule has 31 heavy (non-hydrogen) atoms. The maximum Gasteiger partial charge on any atom is 0.316 e. The van der Waals surface area contributed by atoms with Crippen LogP contribution in [0.25, 0.3) is 0 Å². The van der Waals surface area contributed by atoms with E-state index < -0.39 is 5.92 Å². The molecule has 0 saturated carbocycles. The molecule has 3 heteroatoms. The van der Waals surface area contributed by atoms with Gasteiger partial charge in [-0.2, -0.15) is 0 Å². The average molecular weight is 439 g/mol. The van der Waals surface area contributed by atoms with E-state index in [-0.39, 0.29) is 5.97 Å². The lowest BCUT2D eigenvalue weighted by molar-refractivity contribution is -0.151. The molecule has 0 bridgehead atoms. The molecule has 0 saturated heterocycles. The Kier molecular flexibility index (Phi) is 20.4. The van der Waals surface area contributed by atoms with Gasteiger partial charge in [-0.25, -0.2) is 0 Å². The maximum atomic E-state index is 12.1. The lowest BCUT2D eigenvalue weighted by atomic mass is 9.88. The van der Waals surface area contributed by atoms with E-state index in [1.54, 1.807) is 0 Å². The second-order valence-electron chi connectivity index (χ2n) is 10.1. The molecule has 0 aliphatic heterocycles. The monoisotopic (exact) mass is 438 g/mol. The molecule has 0 fully saturated rings. The second kappa shape index (κ2) is 21.0. The van der Waals surface area contributed by atoms with Gasteiger partial charge in [0.1, 0.15) is 12.2 Å².